The van der Waals surface area contributed by atoms with Gasteiger partial charge in [0.2, 0.25) is 5.78 Å². The summed E-state index contributed by atoms with van der Waals surface area (Å²) in [5.41, 5.74) is 2.99. The van der Waals surface area contributed by atoms with Crippen LogP contribution in [0.1, 0.15) is 28.5 Å². The zero-order valence-corrected chi connectivity index (χ0v) is 16.8. The lowest BCUT2D eigenvalue weighted by atomic mass is 9.82. The SMILES string of the molecule is O=C(c1cn2cccnc2n1)N1C[C@@H]2C[C@H](C1)c1cc(-c3ccccn3)cc(=O)n1C2. The largest absolute Gasteiger partial charge is 0.336 e. The van der Waals surface area contributed by atoms with Crippen LogP contribution in [0.25, 0.3) is 17.0 Å². The average Bonchev–Trinajstić information content (AvgIpc) is 3.24. The Labute approximate surface area is 177 Å². The number of hydrogen-bond donors (Lipinski definition) is 0. The van der Waals surface area contributed by atoms with Gasteiger partial charge in [0.1, 0.15) is 5.69 Å². The summed E-state index contributed by atoms with van der Waals surface area (Å²) in [5, 5.41) is 0. The maximum atomic E-state index is 13.2. The van der Waals surface area contributed by atoms with Crippen LogP contribution in [0.4, 0.5) is 0 Å². The van der Waals surface area contributed by atoms with Gasteiger partial charge in [-0.1, -0.05) is 6.07 Å². The number of nitrogens with zero attached hydrogens (tertiary/aromatic N) is 6. The molecule has 0 spiro atoms. The van der Waals surface area contributed by atoms with Crippen LogP contribution in [-0.2, 0) is 6.54 Å². The number of hydrogen-bond acceptors (Lipinski definition) is 5. The van der Waals surface area contributed by atoms with Gasteiger partial charge in [0, 0.05) is 67.7 Å². The molecule has 31 heavy (non-hydrogen) atoms. The van der Waals surface area contributed by atoms with Crippen LogP contribution in [0.3, 0.4) is 0 Å². The first-order chi connectivity index (χ1) is 15.2. The summed E-state index contributed by atoms with van der Waals surface area (Å²) in [6.45, 7) is 1.83. The third kappa shape index (κ3) is 3.02. The maximum absolute atomic E-state index is 13.2. The molecule has 6 rings (SSSR count). The molecule has 6 heterocycles. The fourth-order valence-electron chi connectivity index (χ4n) is 4.90. The summed E-state index contributed by atoms with van der Waals surface area (Å²) >= 11 is 0. The molecule has 0 saturated carbocycles. The van der Waals surface area contributed by atoms with Gasteiger partial charge in [-0.3, -0.25) is 19.0 Å². The van der Waals surface area contributed by atoms with Gasteiger partial charge in [-0.25, -0.2) is 9.97 Å². The van der Waals surface area contributed by atoms with Gasteiger partial charge in [-0.15, -0.1) is 0 Å². The summed E-state index contributed by atoms with van der Waals surface area (Å²) in [7, 11) is 0. The number of aromatic nitrogens is 5. The van der Waals surface area contributed by atoms with E-state index in [0.717, 1.165) is 23.4 Å². The standard InChI is InChI=1S/C23H20N6O2/c30-21-10-16(18-4-1-2-5-24-18)9-20-17-8-15(12-29(20)21)11-28(13-17)22(31)19-14-27-7-3-6-25-23(27)26-19/h1-7,9-10,14-15,17H,8,11-13H2/t15-,17+/m0/s1. The molecule has 2 atom stereocenters. The van der Waals surface area contributed by atoms with Crippen LogP contribution < -0.4 is 5.56 Å². The first kappa shape index (κ1) is 18.0. The van der Waals surface area contributed by atoms with Gasteiger partial charge < -0.3 is 9.47 Å². The van der Waals surface area contributed by atoms with Crippen molar-refractivity contribution in [3.8, 4) is 11.3 Å². The van der Waals surface area contributed by atoms with Crippen molar-refractivity contribution >= 4 is 11.7 Å². The van der Waals surface area contributed by atoms with Crippen molar-refractivity contribution in [3.63, 3.8) is 0 Å². The number of piperidine rings is 1. The number of imidazole rings is 1. The van der Waals surface area contributed by atoms with Crippen LogP contribution >= 0.6 is 0 Å². The number of carbonyl (C=O) groups is 1. The molecule has 0 unspecified atom stereocenters. The van der Waals surface area contributed by atoms with E-state index in [2.05, 4.69) is 21.0 Å². The van der Waals surface area contributed by atoms with E-state index < -0.39 is 0 Å². The van der Waals surface area contributed by atoms with Gasteiger partial charge in [-0.05, 0) is 36.6 Å². The first-order valence-electron chi connectivity index (χ1n) is 10.4. The van der Waals surface area contributed by atoms with Crippen molar-refractivity contribution in [1.82, 2.24) is 28.8 Å². The summed E-state index contributed by atoms with van der Waals surface area (Å²) in [6, 6.07) is 11.2. The minimum absolute atomic E-state index is 0.000875. The van der Waals surface area contributed by atoms with Gasteiger partial charge in [-0.2, -0.15) is 0 Å². The molecule has 154 valence electrons. The van der Waals surface area contributed by atoms with Gasteiger partial charge in [0.25, 0.3) is 11.5 Å². The highest BCUT2D eigenvalue weighted by molar-refractivity contribution is 5.93. The highest BCUT2D eigenvalue weighted by Gasteiger charge is 2.37. The molecular weight excluding hydrogens is 392 g/mol. The Hall–Kier alpha value is -3.81. The van der Waals surface area contributed by atoms with Crippen LogP contribution in [0.15, 0.2) is 66.0 Å². The molecule has 0 aromatic carbocycles. The molecule has 1 fully saturated rings. The second kappa shape index (κ2) is 6.87. The van der Waals surface area contributed by atoms with E-state index in [4.69, 9.17) is 0 Å². The van der Waals surface area contributed by atoms with Crippen molar-refractivity contribution in [2.75, 3.05) is 13.1 Å². The lowest BCUT2D eigenvalue weighted by molar-refractivity contribution is 0.0589. The molecule has 2 aliphatic heterocycles. The maximum Gasteiger partial charge on any atom is 0.274 e. The van der Waals surface area contributed by atoms with Crippen LogP contribution in [0.2, 0.25) is 0 Å². The predicted molar refractivity (Wildman–Crippen MR) is 114 cm³/mol. The zero-order valence-electron chi connectivity index (χ0n) is 16.8. The Morgan fingerprint density at radius 2 is 1.94 bits per heavy atom. The van der Waals surface area contributed by atoms with E-state index in [1.807, 2.05) is 39.9 Å². The minimum Gasteiger partial charge on any atom is -0.336 e. The van der Waals surface area contributed by atoms with Gasteiger partial charge in [0.05, 0.1) is 5.69 Å². The normalized spacial score (nSPS) is 19.9. The summed E-state index contributed by atoms with van der Waals surface area (Å²) < 4.78 is 3.63. The molecule has 8 heteroatoms. The van der Waals surface area contributed by atoms with Crippen LogP contribution in [0.5, 0.6) is 0 Å². The van der Waals surface area contributed by atoms with Crippen molar-refractivity contribution in [2.45, 2.75) is 18.9 Å². The molecule has 4 aromatic heterocycles. The number of amides is 1. The van der Waals surface area contributed by atoms with Gasteiger partial charge >= 0.3 is 0 Å². The Balaban J connectivity index is 1.34. The Kier molecular flexibility index (Phi) is 3.99. The summed E-state index contributed by atoms with van der Waals surface area (Å²) in [6.07, 6.45) is 7.93. The van der Waals surface area contributed by atoms with E-state index in [-0.39, 0.29) is 23.3 Å². The first-order valence-corrected chi connectivity index (χ1v) is 10.4. The Morgan fingerprint density at radius 1 is 1.03 bits per heavy atom. The monoisotopic (exact) mass is 412 g/mol. The van der Waals surface area contributed by atoms with E-state index in [9.17, 15) is 9.59 Å². The molecule has 2 aliphatic rings. The van der Waals surface area contributed by atoms with E-state index in [1.54, 1.807) is 29.1 Å². The number of fused-ring (bicyclic) bond motifs is 5. The smallest absolute Gasteiger partial charge is 0.274 e. The lowest BCUT2D eigenvalue weighted by Crippen LogP contribution is -2.49. The van der Waals surface area contributed by atoms with Crippen molar-refractivity contribution < 1.29 is 4.79 Å². The third-order valence-corrected chi connectivity index (χ3v) is 6.26. The van der Waals surface area contributed by atoms with Crippen molar-refractivity contribution in [2.24, 2.45) is 5.92 Å². The van der Waals surface area contributed by atoms with E-state index in [1.165, 1.54) is 0 Å². The number of likely N-dealkylation sites (tertiary alicyclic amines) is 1. The molecular formula is C23H20N6O2. The highest BCUT2D eigenvalue weighted by Crippen LogP contribution is 2.36. The predicted octanol–water partition coefficient (Wildman–Crippen LogP) is 2.21. The molecule has 0 radical (unpaired) electrons. The van der Waals surface area contributed by atoms with Crippen LogP contribution in [-0.4, -0.2) is 47.8 Å². The average molecular weight is 412 g/mol. The number of carbonyl (C=O) groups excluding carboxylic acids is 1. The third-order valence-electron chi connectivity index (χ3n) is 6.26. The van der Waals surface area contributed by atoms with Crippen LogP contribution in [0, 0.1) is 5.92 Å². The molecule has 0 aliphatic carbocycles. The van der Waals surface area contributed by atoms with E-state index in [0.29, 0.717) is 31.1 Å². The van der Waals surface area contributed by atoms with E-state index >= 15 is 0 Å². The molecule has 4 aromatic rings. The molecule has 2 bridgehead atoms. The Morgan fingerprint density at radius 3 is 2.77 bits per heavy atom. The topological polar surface area (TPSA) is 85.4 Å². The van der Waals surface area contributed by atoms with Crippen molar-refractivity contribution in [3.05, 3.63) is 82.9 Å². The molecule has 1 amide bonds. The Bertz CT molecular complexity index is 1330. The summed E-state index contributed by atoms with van der Waals surface area (Å²) in [5.74, 6) is 0.795. The second-order valence-corrected chi connectivity index (χ2v) is 8.29. The highest BCUT2D eigenvalue weighted by atomic mass is 16.2. The lowest BCUT2D eigenvalue weighted by Gasteiger charge is -2.42. The second-order valence-electron chi connectivity index (χ2n) is 8.29. The fourth-order valence-corrected chi connectivity index (χ4v) is 4.90. The fraction of sp³-hybridized carbons (Fsp3) is 0.261. The number of rotatable bonds is 2. The van der Waals surface area contributed by atoms with Crippen molar-refractivity contribution in [1.29, 1.82) is 0 Å². The molecule has 0 N–H and O–H groups in total. The van der Waals surface area contributed by atoms with Gasteiger partial charge in [0.15, 0.2) is 0 Å². The zero-order chi connectivity index (χ0) is 20.9. The minimum atomic E-state index is -0.0862. The molecule has 1 saturated heterocycles. The quantitative estimate of drug-likeness (QED) is 0.504. The number of pyridine rings is 2. The molecule has 8 nitrogen and oxygen atoms in total. The summed E-state index contributed by atoms with van der Waals surface area (Å²) in [4.78, 5) is 40.9.